The molecule has 1 N–H and O–H groups in total. The van der Waals surface area contributed by atoms with Crippen molar-refractivity contribution in [2.75, 3.05) is 46.6 Å². The third-order valence-electron chi connectivity index (χ3n) is 4.05. The number of aliphatic hydroxyl groups is 1. The first-order valence-electron chi connectivity index (χ1n) is 7.23. The van der Waals surface area contributed by atoms with E-state index in [9.17, 15) is 5.11 Å². The van der Waals surface area contributed by atoms with Gasteiger partial charge in [0.15, 0.2) is 0 Å². The predicted octanol–water partition coefficient (Wildman–Crippen LogP) is 2.01. The summed E-state index contributed by atoms with van der Waals surface area (Å²) in [7, 11) is 4.22. The predicted molar refractivity (Wildman–Crippen MR) is 86.1 cm³/mol. The lowest BCUT2D eigenvalue weighted by Gasteiger charge is -2.20. The van der Waals surface area contributed by atoms with Crippen LogP contribution in [0.25, 0.3) is 0 Å². The molecule has 1 heterocycles. The zero-order chi connectivity index (χ0) is 14.5. The molecule has 0 unspecified atom stereocenters. The van der Waals surface area contributed by atoms with Gasteiger partial charge in [-0.3, -0.25) is 4.90 Å². The summed E-state index contributed by atoms with van der Waals surface area (Å²) in [5, 5.41) is 9.55. The zero-order valence-corrected chi connectivity index (χ0v) is 13.6. The van der Waals surface area contributed by atoms with Gasteiger partial charge < -0.3 is 10.0 Å². The average Bonchev–Trinajstić information content (AvgIpc) is 2.80. The molecule has 1 aliphatic rings. The smallest absolute Gasteiger partial charge is 0.0475 e. The summed E-state index contributed by atoms with van der Waals surface area (Å²) in [5.74, 6) is 1.00. The second-order valence-corrected chi connectivity index (χ2v) is 6.89. The van der Waals surface area contributed by atoms with E-state index in [1.54, 1.807) is 11.8 Å². The summed E-state index contributed by atoms with van der Waals surface area (Å²) < 4.78 is 0. The maximum Gasteiger partial charge on any atom is 0.0475 e. The largest absolute Gasteiger partial charge is 0.396 e. The Morgan fingerprint density at radius 3 is 2.40 bits per heavy atom. The van der Waals surface area contributed by atoms with Gasteiger partial charge in [-0.05, 0) is 49.9 Å². The SMILES string of the molecule is CSc1ccc(CN2C[C@@H](CN(C)C)[C@@H](CO)C2)cc1. The molecule has 1 aromatic rings. The Hall–Kier alpha value is -0.550. The highest BCUT2D eigenvalue weighted by Crippen LogP contribution is 2.25. The van der Waals surface area contributed by atoms with E-state index in [0.29, 0.717) is 18.4 Å². The molecule has 0 radical (unpaired) electrons. The van der Waals surface area contributed by atoms with Crippen molar-refractivity contribution in [1.82, 2.24) is 9.80 Å². The van der Waals surface area contributed by atoms with E-state index in [0.717, 1.165) is 26.2 Å². The van der Waals surface area contributed by atoms with Gasteiger partial charge in [-0.1, -0.05) is 12.1 Å². The van der Waals surface area contributed by atoms with Crippen molar-refractivity contribution in [3.8, 4) is 0 Å². The first-order valence-corrected chi connectivity index (χ1v) is 8.45. The second kappa shape index (κ2) is 7.46. The van der Waals surface area contributed by atoms with Crippen LogP contribution in [-0.2, 0) is 6.54 Å². The Bertz CT molecular complexity index is 407. The molecule has 0 amide bonds. The van der Waals surface area contributed by atoms with Gasteiger partial charge in [0, 0.05) is 37.7 Å². The summed E-state index contributed by atoms with van der Waals surface area (Å²) in [6.07, 6.45) is 2.10. The highest BCUT2D eigenvalue weighted by atomic mass is 32.2. The van der Waals surface area contributed by atoms with Crippen molar-refractivity contribution in [3.05, 3.63) is 29.8 Å². The molecular weight excluding hydrogens is 268 g/mol. The molecule has 20 heavy (non-hydrogen) atoms. The van der Waals surface area contributed by atoms with Crippen molar-refractivity contribution in [1.29, 1.82) is 0 Å². The van der Waals surface area contributed by atoms with Crippen LogP contribution in [0, 0.1) is 11.8 Å². The number of hydrogen-bond acceptors (Lipinski definition) is 4. The van der Waals surface area contributed by atoms with E-state index in [2.05, 4.69) is 54.4 Å². The number of benzene rings is 1. The summed E-state index contributed by atoms with van der Waals surface area (Å²) in [6.45, 7) is 4.47. The first kappa shape index (κ1) is 15.8. The number of hydrogen-bond donors (Lipinski definition) is 1. The lowest BCUT2D eigenvalue weighted by Crippen LogP contribution is -2.28. The van der Waals surface area contributed by atoms with Gasteiger partial charge >= 0.3 is 0 Å². The fourth-order valence-electron chi connectivity index (χ4n) is 3.04. The van der Waals surface area contributed by atoms with Crippen LogP contribution in [0.1, 0.15) is 5.56 Å². The molecule has 1 saturated heterocycles. The topological polar surface area (TPSA) is 26.7 Å². The lowest BCUT2D eigenvalue weighted by atomic mass is 9.97. The van der Waals surface area contributed by atoms with Crippen LogP contribution >= 0.6 is 11.8 Å². The van der Waals surface area contributed by atoms with Crippen molar-refractivity contribution in [2.24, 2.45) is 11.8 Å². The molecular formula is C16H26N2OS. The van der Waals surface area contributed by atoms with E-state index in [4.69, 9.17) is 0 Å². The molecule has 0 saturated carbocycles. The Labute approximate surface area is 127 Å². The van der Waals surface area contributed by atoms with Crippen molar-refractivity contribution >= 4 is 11.8 Å². The number of likely N-dealkylation sites (tertiary alicyclic amines) is 1. The minimum atomic E-state index is 0.306. The highest BCUT2D eigenvalue weighted by molar-refractivity contribution is 7.98. The fraction of sp³-hybridized carbons (Fsp3) is 0.625. The molecule has 2 atom stereocenters. The molecule has 1 fully saturated rings. The van der Waals surface area contributed by atoms with Gasteiger partial charge in [-0.25, -0.2) is 0 Å². The number of rotatable bonds is 6. The maximum atomic E-state index is 9.55. The lowest BCUT2D eigenvalue weighted by molar-refractivity contribution is 0.183. The highest BCUT2D eigenvalue weighted by Gasteiger charge is 2.32. The molecule has 3 nitrogen and oxygen atoms in total. The maximum absolute atomic E-state index is 9.55. The molecule has 1 aliphatic heterocycles. The summed E-state index contributed by atoms with van der Waals surface area (Å²) in [4.78, 5) is 6.02. The van der Waals surface area contributed by atoms with Gasteiger partial charge in [0.25, 0.3) is 0 Å². The molecule has 4 heteroatoms. The number of nitrogens with zero attached hydrogens (tertiary/aromatic N) is 2. The minimum Gasteiger partial charge on any atom is -0.396 e. The van der Waals surface area contributed by atoms with Crippen LogP contribution in [0.5, 0.6) is 0 Å². The Balaban J connectivity index is 1.93. The number of thioether (sulfide) groups is 1. The van der Waals surface area contributed by atoms with E-state index < -0.39 is 0 Å². The number of aliphatic hydroxyl groups excluding tert-OH is 1. The zero-order valence-electron chi connectivity index (χ0n) is 12.7. The molecule has 0 aliphatic carbocycles. The van der Waals surface area contributed by atoms with Crippen molar-refractivity contribution in [2.45, 2.75) is 11.4 Å². The van der Waals surface area contributed by atoms with Crippen molar-refractivity contribution < 1.29 is 5.11 Å². The van der Waals surface area contributed by atoms with Crippen LogP contribution < -0.4 is 0 Å². The summed E-state index contributed by atoms with van der Waals surface area (Å²) in [6, 6.07) is 8.83. The van der Waals surface area contributed by atoms with Crippen molar-refractivity contribution in [3.63, 3.8) is 0 Å². The Kier molecular flexibility index (Phi) is 5.90. The average molecular weight is 294 g/mol. The van der Waals surface area contributed by atoms with Gasteiger partial charge in [0.1, 0.15) is 0 Å². The van der Waals surface area contributed by atoms with Crippen LogP contribution in [0.15, 0.2) is 29.2 Å². The molecule has 0 spiro atoms. The fourth-order valence-corrected chi connectivity index (χ4v) is 3.45. The van der Waals surface area contributed by atoms with Gasteiger partial charge in [0.2, 0.25) is 0 Å². The molecule has 1 aromatic carbocycles. The molecule has 2 rings (SSSR count). The second-order valence-electron chi connectivity index (χ2n) is 6.01. The van der Waals surface area contributed by atoms with Gasteiger partial charge in [-0.2, -0.15) is 0 Å². The van der Waals surface area contributed by atoms with E-state index >= 15 is 0 Å². The standard InChI is InChI=1S/C16H26N2OS/c1-17(2)9-14-10-18(11-15(14)12-19)8-13-4-6-16(20-3)7-5-13/h4-7,14-15,19H,8-12H2,1-3H3/t14-,15-/m1/s1. The van der Waals surface area contributed by atoms with Crippen LogP contribution in [0.3, 0.4) is 0 Å². The van der Waals surface area contributed by atoms with E-state index in [1.807, 2.05) is 0 Å². The van der Waals surface area contributed by atoms with E-state index in [-0.39, 0.29) is 0 Å². The summed E-state index contributed by atoms with van der Waals surface area (Å²) >= 11 is 1.78. The third kappa shape index (κ3) is 4.22. The third-order valence-corrected chi connectivity index (χ3v) is 4.80. The van der Waals surface area contributed by atoms with Crippen LogP contribution in [0.4, 0.5) is 0 Å². The molecule has 0 aromatic heterocycles. The quantitative estimate of drug-likeness (QED) is 0.812. The van der Waals surface area contributed by atoms with Gasteiger partial charge in [-0.15, -0.1) is 11.8 Å². The Morgan fingerprint density at radius 2 is 1.85 bits per heavy atom. The monoisotopic (exact) mass is 294 g/mol. The Morgan fingerprint density at radius 1 is 1.20 bits per heavy atom. The summed E-state index contributed by atoms with van der Waals surface area (Å²) in [5.41, 5.74) is 1.37. The normalized spacial score (nSPS) is 23.6. The van der Waals surface area contributed by atoms with Gasteiger partial charge in [0.05, 0.1) is 0 Å². The first-order chi connectivity index (χ1) is 9.62. The van der Waals surface area contributed by atoms with E-state index in [1.165, 1.54) is 10.5 Å². The molecule has 112 valence electrons. The minimum absolute atomic E-state index is 0.306. The molecule has 0 bridgehead atoms. The van der Waals surface area contributed by atoms with Crippen LogP contribution in [-0.4, -0.2) is 61.5 Å². The van der Waals surface area contributed by atoms with Crippen LogP contribution in [0.2, 0.25) is 0 Å².